The van der Waals surface area contributed by atoms with Gasteiger partial charge in [-0.05, 0) is 36.5 Å². The lowest BCUT2D eigenvalue weighted by atomic mass is 10.0. The molecule has 0 spiro atoms. The average Bonchev–Trinajstić information content (AvgIpc) is 2.55. The smallest absolute Gasteiger partial charge is 0.282 e. The Kier molecular flexibility index (Phi) is 5.82. The molecule has 0 aliphatic carbocycles. The van der Waals surface area contributed by atoms with Crippen molar-refractivity contribution in [3.63, 3.8) is 0 Å². The van der Waals surface area contributed by atoms with E-state index in [2.05, 4.69) is 17.9 Å². The minimum absolute atomic E-state index is 0.456. The maximum Gasteiger partial charge on any atom is 0.282 e. The second kappa shape index (κ2) is 7.70. The molecule has 24 heavy (non-hydrogen) atoms. The van der Waals surface area contributed by atoms with Crippen LogP contribution in [-0.4, -0.2) is 61.2 Å². The van der Waals surface area contributed by atoms with Crippen molar-refractivity contribution in [1.29, 1.82) is 0 Å². The van der Waals surface area contributed by atoms with Crippen LogP contribution in [0.4, 0.5) is 0 Å². The highest BCUT2D eigenvalue weighted by Crippen LogP contribution is 2.22. The molecule has 0 bridgehead atoms. The number of halogens is 1. The van der Waals surface area contributed by atoms with E-state index in [1.807, 2.05) is 18.2 Å². The predicted molar refractivity (Wildman–Crippen MR) is 97.2 cm³/mol. The van der Waals surface area contributed by atoms with Gasteiger partial charge in [-0.1, -0.05) is 30.7 Å². The molecule has 0 aromatic heterocycles. The Labute approximate surface area is 150 Å². The first-order chi connectivity index (χ1) is 11.4. The number of piperidine rings is 1. The van der Waals surface area contributed by atoms with Gasteiger partial charge in [-0.15, -0.1) is 0 Å². The zero-order valence-electron chi connectivity index (χ0n) is 14.2. The van der Waals surface area contributed by atoms with Crippen molar-refractivity contribution in [3.8, 4) is 0 Å². The van der Waals surface area contributed by atoms with Gasteiger partial charge in [-0.25, -0.2) is 0 Å². The Morgan fingerprint density at radius 1 is 1.12 bits per heavy atom. The number of rotatable bonds is 4. The summed E-state index contributed by atoms with van der Waals surface area (Å²) in [5.74, 6) is 0.456. The van der Waals surface area contributed by atoms with E-state index in [1.54, 1.807) is 8.61 Å². The number of hydrogen-bond donors (Lipinski definition) is 0. The minimum atomic E-state index is -3.30. The summed E-state index contributed by atoms with van der Waals surface area (Å²) >= 11 is 6.03. The molecule has 0 radical (unpaired) electrons. The van der Waals surface area contributed by atoms with Gasteiger partial charge in [-0.2, -0.15) is 17.0 Å². The summed E-state index contributed by atoms with van der Waals surface area (Å²) in [6, 6.07) is 7.86. The fourth-order valence-corrected chi connectivity index (χ4v) is 5.50. The van der Waals surface area contributed by atoms with Crippen LogP contribution in [0.25, 0.3) is 0 Å². The van der Waals surface area contributed by atoms with Crippen molar-refractivity contribution in [2.24, 2.45) is 5.92 Å². The Morgan fingerprint density at radius 3 is 2.54 bits per heavy atom. The van der Waals surface area contributed by atoms with Crippen LogP contribution in [0.15, 0.2) is 24.3 Å². The molecule has 7 heteroatoms. The monoisotopic (exact) mass is 371 g/mol. The van der Waals surface area contributed by atoms with Gasteiger partial charge in [0.2, 0.25) is 0 Å². The lowest BCUT2D eigenvalue weighted by Gasteiger charge is -2.38. The van der Waals surface area contributed by atoms with Crippen LogP contribution in [-0.2, 0) is 16.8 Å². The first kappa shape index (κ1) is 18.1. The zero-order chi connectivity index (χ0) is 17.2. The molecular weight excluding hydrogens is 346 g/mol. The standard InChI is InChI=1S/C17H26ClN3O2S/c1-15-4-3-7-21(13-15)24(22,23)20-10-8-19(9-11-20)14-16-5-2-6-17(18)12-16/h2,5-6,12,15H,3-4,7-11,13-14H2,1H3. The zero-order valence-corrected chi connectivity index (χ0v) is 15.8. The largest absolute Gasteiger partial charge is 0.296 e. The number of piperazine rings is 1. The third-order valence-corrected chi connectivity index (χ3v) is 7.14. The Morgan fingerprint density at radius 2 is 1.88 bits per heavy atom. The predicted octanol–water partition coefficient (Wildman–Crippen LogP) is 2.43. The summed E-state index contributed by atoms with van der Waals surface area (Å²) in [5, 5.41) is 0.743. The summed E-state index contributed by atoms with van der Waals surface area (Å²) in [6.45, 7) is 6.91. The van der Waals surface area contributed by atoms with Gasteiger partial charge in [-0.3, -0.25) is 4.90 Å². The van der Waals surface area contributed by atoms with Crippen LogP contribution in [0.2, 0.25) is 5.02 Å². The van der Waals surface area contributed by atoms with E-state index in [4.69, 9.17) is 11.6 Å². The third-order valence-electron chi connectivity index (χ3n) is 4.90. The second-order valence-corrected chi connectivity index (χ2v) is 9.28. The summed E-state index contributed by atoms with van der Waals surface area (Å²) < 4.78 is 29.0. The molecule has 1 atom stereocenters. The highest BCUT2D eigenvalue weighted by Gasteiger charge is 2.34. The summed E-state index contributed by atoms with van der Waals surface area (Å²) in [4.78, 5) is 2.29. The molecule has 3 rings (SSSR count). The van der Waals surface area contributed by atoms with E-state index in [0.29, 0.717) is 32.1 Å². The molecular formula is C17H26ClN3O2S. The number of nitrogens with zero attached hydrogens (tertiary/aromatic N) is 3. The molecule has 2 aliphatic rings. The van der Waals surface area contributed by atoms with Gasteiger partial charge < -0.3 is 0 Å². The molecule has 5 nitrogen and oxygen atoms in total. The van der Waals surface area contributed by atoms with E-state index in [-0.39, 0.29) is 0 Å². The normalized spacial score (nSPS) is 25.0. The van der Waals surface area contributed by atoms with Gasteiger partial charge in [0.05, 0.1) is 0 Å². The fourth-order valence-electron chi connectivity index (χ4n) is 3.53. The van der Waals surface area contributed by atoms with Crippen LogP contribution < -0.4 is 0 Å². The van der Waals surface area contributed by atoms with Crippen LogP contribution in [0, 0.1) is 5.92 Å². The SMILES string of the molecule is CC1CCCN(S(=O)(=O)N2CCN(Cc3cccc(Cl)c3)CC2)C1. The van der Waals surface area contributed by atoms with Crippen LogP contribution in [0.3, 0.4) is 0 Å². The quantitative estimate of drug-likeness (QED) is 0.816. The van der Waals surface area contributed by atoms with Crippen LogP contribution >= 0.6 is 11.6 Å². The average molecular weight is 372 g/mol. The van der Waals surface area contributed by atoms with Crippen molar-refractivity contribution in [3.05, 3.63) is 34.9 Å². The summed E-state index contributed by atoms with van der Waals surface area (Å²) in [5.41, 5.74) is 1.17. The van der Waals surface area contributed by atoms with Gasteiger partial charge in [0.1, 0.15) is 0 Å². The molecule has 0 N–H and O–H groups in total. The van der Waals surface area contributed by atoms with Gasteiger partial charge >= 0.3 is 0 Å². The fraction of sp³-hybridized carbons (Fsp3) is 0.647. The van der Waals surface area contributed by atoms with Gasteiger partial charge in [0, 0.05) is 50.8 Å². The molecule has 1 aromatic carbocycles. The van der Waals surface area contributed by atoms with Gasteiger partial charge in [0.25, 0.3) is 10.2 Å². The molecule has 1 unspecified atom stereocenters. The first-order valence-corrected chi connectivity index (χ1v) is 10.4. The number of hydrogen-bond acceptors (Lipinski definition) is 3. The molecule has 2 heterocycles. The molecule has 2 aliphatic heterocycles. The van der Waals surface area contributed by atoms with E-state index >= 15 is 0 Å². The van der Waals surface area contributed by atoms with Crippen LogP contribution in [0.1, 0.15) is 25.3 Å². The summed E-state index contributed by atoms with van der Waals surface area (Å²) in [7, 11) is -3.30. The minimum Gasteiger partial charge on any atom is -0.296 e. The van der Waals surface area contributed by atoms with E-state index in [9.17, 15) is 8.42 Å². The molecule has 134 valence electrons. The van der Waals surface area contributed by atoms with Crippen molar-refractivity contribution in [2.75, 3.05) is 39.3 Å². The molecule has 0 amide bonds. The topological polar surface area (TPSA) is 43.9 Å². The molecule has 1 aromatic rings. The number of benzene rings is 1. The highest BCUT2D eigenvalue weighted by atomic mass is 35.5. The van der Waals surface area contributed by atoms with Crippen molar-refractivity contribution in [2.45, 2.75) is 26.3 Å². The second-order valence-electron chi connectivity index (χ2n) is 6.92. The van der Waals surface area contributed by atoms with E-state index in [1.165, 1.54) is 5.56 Å². The Bertz CT molecular complexity index is 660. The highest BCUT2D eigenvalue weighted by molar-refractivity contribution is 7.86. The van der Waals surface area contributed by atoms with Crippen molar-refractivity contribution in [1.82, 2.24) is 13.5 Å². The third kappa shape index (κ3) is 4.29. The maximum absolute atomic E-state index is 12.8. The van der Waals surface area contributed by atoms with Gasteiger partial charge in [0.15, 0.2) is 0 Å². The molecule has 2 fully saturated rings. The van der Waals surface area contributed by atoms with Crippen molar-refractivity contribution < 1.29 is 8.42 Å². The maximum atomic E-state index is 12.8. The van der Waals surface area contributed by atoms with E-state index < -0.39 is 10.2 Å². The van der Waals surface area contributed by atoms with Crippen LogP contribution in [0.5, 0.6) is 0 Å². The van der Waals surface area contributed by atoms with Crippen molar-refractivity contribution >= 4 is 21.8 Å². The Balaban J connectivity index is 1.56. The molecule has 0 saturated carbocycles. The molecule has 2 saturated heterocycles. The Hall–Kier alpha value is -0.660. The van der Waals surface area contributed by atoms with E-state index in [0.717, 1.165) is 37.5 Å². The first-order valence-electron chi connectivity index (χ1n) is 8.67. The lowest BCUT2D eigenvalue weighted by molar-refractivity contribution is 0.169. The summed E-state index contributed by atoms with van der Waals surface area (Å²) in [6.07, 6.45) is 2.09. The lowest BCUT2D eigenvalue weighted by Crippen LogP contribution is -2.54.